The van der Waals surface area contributed by atoms with Crippen LogP contribution in [0.3, 0.4) is 0 Å². The van der Waals surface area contributed by atoms with Crippen LogP contribution in [0.4, 0.5) is 5.69 Å². The molecule has 2 N–H and O–H groups in total. The van der Waals surface area contributed by atoms with Crippen molar-refractivity contribution in [3.05, 3.63) is 78.5 Å². The fourth-order valence-corrected chi connectivity index (χ4v) is 4.42. The number of hydrogen-bond donors (Lipinski definition) is 2. The maximum Gasteiger partial charge on any atom is 0.257 e. The first-order valence-corrected chi connectivity index (χ1v) is 11.5. The quantitative estimate of drug-likeness (QED) is 0.505. The Morgan fingerprint density at radius 2 is 1.83 bits per heavy atom. The van der Waals surface area contributed by atoms with Crippen LogP contribution >= 0.6 is 0 Å². The van der Waals surface area contributed by atoms with Crippen LogP contribution in [0, 0.1) is 5.92 Å². The zero-order valence-corrected chi connectivity index (χ0v) is 18.1. The van der Waals surface area contributed by atoms with Crippen LogP contribution in [0.25, 0.3) is 10.9 Å². The Morgan fingerprint density at radius 1 is 1.13 bits per heavy atom. The summed E-state index contributed by atoms with van der Waals surface area (Å²) in [4.78, 5) is 12.9. The second kappa shape index (κ2) is 9.28. The number of rotatable bonds is 9. The van der Waals surface area contributed by atoms with E-state index in [-0.39, 0.29) is 18.2 Å². The second-order valence-corrected chi connectivity index (χ2v) is 9.46. The zero-order chi connectivity index (χ0) is 21.7. The highest BCUT2D eigenvalue weighted by Crippen LogP contribution is 2.23. The number of aromatic nitrogens is 1. The third kappa shape index (κ3) is 5.37. The van der Waals surface area contributed by atoms with Gasteiger partial charge in [0.1, 0.15) is 0 Å². The molecule has 0 aliphatic rings. The van der Waals surface area contributed by atoms with Gasteiger partial charge in [0.15, 0.2) is 0 Å². The van der Waals surface area contributed by atoms with Crippen LogP contribution in [0.15, 0.2) is 67.4 Å². The number of fused-ring (bicyclic) bond motifs is 1. The molecule has 0 aliphatic carbocycles. The van der Waals surface area contributed by atoms with E-state index in [1.165, 1.54) is 6.08 Å². The smallest absolute Gasteiger partial charge is 0.257 e. The lowest BCUT2D eigenvalue weighted by Gasteiger charge is -2.08. The van der Waals surface area contributed by atoms with E-state index in [0.29, 0.717) is 22.7 Å². The molecule has 3 rings (SSSR count). The van der Waals surface area contributed by atoms with Gasteiger partial charge < -0.3 is 9.88 Å². The Bertz CT molecular complexity index is 1150. The summed E-state index contributed by atoms with van der Waals surface area (Å²) in [6.07, 6.45) is 3.39. The predicted molar refractivity (Wildman–Crippen MR) is 122 cm³/mol. The van der Waals surface area contributed by atoms with Gasteiger partial charge >= 0.3 is 0 Å². The van der Waals surface area contributed by atoms with Gasteiger partial charge in [-0.1, -0.05) is 50.3 Å². The number of carbonyl (C=O) groups is 1. The summed E-state index contributed by atoms with van der Waals surface area (Å²) in [5, 5.41) is 3.82. The number of carbonyl (C=O) groups excluding carboxylic acids is 1. The van der Waals surface area contributed by atoms with Gasteiger partial charge in [-0.15, -0.1) is 6.58 Å². The molecule has 7 heteroatoms. The van der Waals surface area contributed by atoms with E-state index in [9.17, 15) is 13.2 Å². The largest absolute Gasteiger partial charge is 0.346 e. The second-order valence-electron chi connectivity index (χ2n) is 7.65. The molecule has 2 aromatic carbocycles. The van der Waals surface area contributed by atoms with E-state index in [1.807, 2.05) is 30.5 Å². The molecule has 3 aromatic rings. The minimum absolute atomic E-state index is 0.127. The highest BCUT2D eigenvalue weighted by molar-refractivity contribution is 7.88. The third-order valence-electron chi connectivity index (χ3n) is 4.61. The number of hydrogen-bond acceptors (Lipinski definition) is 3. The summed E-state index contributed by atoms with van der Waals surface area (Å²) in [7, 11) is -3.42. The maximum atomic E-state index is 12.9. The Balaban J connectivity index is 1.76. The standard InChI is InChI=1S/C23H27N3O3S/c1-4-13-24-30(28,29)16-18-9-11-19(12-10-18)25-23(27)21-15-26(14-17(2)3)22-8-6-5-7-20(21)22/h4-12,15,17,24H,1,13-14,16H2,2-3H3,(H,25,27). The zero-order valence-electron chi connectivity index (χ0n) is 17.3. The van der Waals surface area contributed by atoms with Crippen molar-refractivity contribution in [3.8, 4) is 0 Å². The molecule has 6 nitrogen and oxygen atoms in total. The van der Waals surface area contributed by atoms with Gasteiger partial charge in [-0.25, -0.2) is 13.1 Å². The van der Waals surface area contributed by atoms with E-state index in [4.69, 9.17) is 0 Å². The maximum absolute atomic E-state index is 12.9. The van der Waals surface area contributed by atoms with Crippen molar-refractivity contribution in [2.75, 3.05) is 11.9 Å². The van der Waals surface area contributed by atoms with Crippen LogP contribution in [0.1, 0.15) is 29.8 Å². The number of para-hydroxylation sites is 1. The topological polar surface area (TPSA) is 80.2 Å². The Kier molecular flexibility index (Phi) is 6.74. The van der Waals surface area contributed by atoms with Gasteiger partial charge in [-0.05, 0) is 29.7 Å². The SMILES string of the molecule is C=CCNS(=O)(=O)Cc1ccc(NC(=O)c2cn(CC(C)C)c3ccccc23)cc1. The molecule has 0 unspecified atom stereocenters. The highest BCUT2D eigenvalue weighted by Gasteiger charge is 2.16. The molecular weight excluding hydrogens is 398 g/mol. The molecule has 1 amide bonds. The van der Waals surface area contributed by atoms with Gasteiger partial charge in [-0.2, -0.15) is 0 Å². The van der Waals surface area contributed by atoms with Gasteiger partial charge in [-0.3, -0.25) is 4.79 Å². The normalized spacial score (nSPS) is 11.7. The van der Waals surface area contributed by atoms with Crippen molar-refractivity contribution < 1.29 is 13.2 Å². The first kappa shape index (κ1) is 21.8. The minimum atomic E-state index is -3.42. The summed E-state index contributed by atoms with van der Waals surface area (Å²) in [6, 6.07) is 14.7. The van der Waals surface area contributed by atoms with E-state index < -0.39 is 10.0 Å². The highest BCUT2D eigenvalue weighted by atomic mass is 32.2. The first-order valence-electron chi connectivity index (χ1n) is 9.85. The van der Waals surface area contributed by atoms with Crippen LogP contribution < -0.4 is 10.0 Å². The van der Waals surface area contributed by atoms with Crippen LogP contribution in [-0.2, 0) is 22.3 Å². The van der Waals surface area contributed by atoms with Crippen molar-refractivity contribution in [1.82, 2.24) is 9.29 Å². The third-order valence-corrected chi connectivity index (χ3v) is 5.93. The molecule has 30 heavy (non-hydrogen) atoms. The summed E-state index contributed by atoms with van der Waals surface area (Å²) in [6.45, 7) is 8.81. The van der Waals surface area contributed by atoms with Crippen LogP contribution in [0.5, 0.6) is 0 Å². The van der Waals surface area contributed by atoms with E-state index in [2.05, 4.69) is 35.0 Å². The van der Waals surface area contributed by atoms with E-state index in [0.717, 1.165) is 17.4 Å². The average molecular weight is 426 g/mol. The molecule has 1 heterocycles. The average Bonchev–Trinajstić information content (AvgIpc) is 3.06. The molecule has 0 saturated carbocycles. The summed E-state index contributed by atoms with van der Waals surface area (Å²) >= 11 is 0. The summed E-state index contributed by atoms with van der Waals surface area (Å²) in [5.74, 6) is 0.140. The van der Waals surface area contributed by atoms with Crippen LogP contribution in [0.2, 0.25) is 0 Å². The summed E-state index contributed by atoms with van der Waals surface area (Å²) in [5.41, 5.74) is 2.90. The molecule has 0 fully saturated rings. The van der Waals surface area contributed by atoms with Gasteiger partial charge in [0.05, 0.1) is 11.3 Å². The number of benzene rings is 2. The number of sulfonamides is 1. The van der Waals surface area contributed by atoms with Gasteiger partial charge in [0, 0.05) is 35.9 Å². The van der Waals surface area contributed by atoms with Gasteiger partial charge in [0.25, 0.3) is 5.91 Å². The lowest BCUT2D eigenvalue weighted by atomic mass is 10.1. The Hall–Kier alpha value is -2.90. The molecule has 0 aliphatic heterocycles. The fraction of sp³-hybridized carbons (Fsp3) is 0.261. The van der Waals surface area contributed by atoms with Crippen LogP contribution in [-0.4, -0.2) is 25.4 Å². The van der Waals surface area contributed by atoms with Crippen molar-refractivity contribution in [1.29, 1.82) is 0 Å². The molecule has 158 valence electrons. The lowest BCUT2D eigenvalue weighted by Crippen LogP contribution is -2.25. The lowest BCUT2D eigenvalue weighted by molar-refractivity contribution is 0.102. The molecule has 0 bridgehead atoms. The van der Waals surface area contributed by atoms with Crippen molar-refractivity contribution in [2.24, 2.45) is 5.92 Å². The first-order chi connectivity index (χ1) is 14.3. The molecule has 1 aromatic heterocycles. The van der Waals surface area contributed by atoms with Crippen molar-refractivity contribution >= 4 is 32.5 Å². The molecule has 0 radical (unpaired) electrons. The Labute approximate surface area is 177 Å². The summed E-state index contributed by atoms with van der Waals surface area (Å²) < 4.78 is 28.5. The Morgan fingerprint density at radius 3 is 2.50 bits per heavy atom. The molecule has 0 saturated heterocycles. The van der Waals surface area contributed by atoms with E-state index >= 15 is 0 Å². The minimum Gasteiger partial charge on any atom is -0.346 e. The fourth-order valence-electron chi connectivity index (χ4n) is 3.31. The molecule has 0 spiro atoms. The van der Waals surface area contributed by atoms with Crippen molar-refractivity contribution in [3.63, 3.8) is 0 Å². The number of nitrogens with zero attached hydrogens (tertiary/aromatic N) is 1. The van der Waals surface area contributed by atoms with E-state index in [1.54, 1.807) is 24.3 Å². The molecule has 0 atom stereocenters. The monoisotopic (exact) mass is 425 g/mol. The molecular formula is C23H27N3O3S. The van der Waals surface area contributed by atoms with Crippen molar-refractivity contribution in [2.45, 2.75) is 26.1 Å². The number of anilines is 1. The predicted octanol–water partition coefficient (Wildman–Crippen LogP) is 4.16. The number of nitrogens with one attached hydrogen (secondary N) is 2. The number of amides is 1. The van der Waals surface area contributed by atoms with Gasteiger partial charge in [0.2, 0.25) is 10.0 Å².